The Morgan fingerprint density at radius 1 is 1.25 bits per heavy atom. The summed E-state index contributed by atoms with van der Waals surface area (Å²) in [6.07, 6.45) is 0.396. The molecule has 0 aliphatic carbocycles. The third-order valence-electron chi connectivity index (χ3n) is 2.75. The summed E-state index contributed by atoms with van der Waals surface area (Å²) in [4.78, 5) is 17.6. The predicted molar refractivity (Wildman–Crippen MR) is 83.9 cm³/mol. The molecule has 0 atom stereocenters. The quantitative estimate of drug-likeness (QED) is 0.938. The van der Waals surface area contributed by atoms with Crippen molar-refractivity contribution in [1.29, 1.82) is 0 Å². The van der Waals surface area contributed by atoms with Crippen LogP contribution < -0.4 is 5.32 Å². The first-order valence-electron chi connectivity index (χ1n) is 6.68. The molecule has 0 radical (unpaired) electrons. The number of thiazole rings is 1. The van der Waals surface area contributed by atoms with Crippen molar-refractivity contribution >= 4 is 17.2 Å². The lowest BCUT2D eigenvalue weighted by Crippen LogP contribution is -2.41. The van der Waals surface area contributed by atoms with Crippen molar-refractivity contribution in [3.8, 4) is 10.6 Å². The maximum Gasteiger partial charge on any atom is 0.225 e. The molecule has 1 aromatic carbocycles. The molecule has 20 heavy (non-hydrogen) atoms. The van der Waals surface area contributed by atoms with Gasteiger partial charge >= 0.3 is 0 Å². The third-order valence-corrected chi connectivity index (χ3v) is 3.96. The van der Waals surface area contributed by atoms with E-state index in [1.54, 1.807) is 11.3 Å². The molecule has 1 heterocycles. The van der Waals surface area contributed by atoms with Gasteiger partial charge in [-0.05, 0) is 27.7 Å². The molecule has 0 bridgehead atoms. The van der Waals surface area contributed by atoms with Crippen molar-refractivity contribution in [2.24, 2.45) is 0 Å². The molecular formula is C16H20N2OS. The van der Waals surface area contributed by atoms with Crippen LogP contribution in [0.4, 0.5) is 0 Å². The number of amides is 1. The summed E-state index contributed by atoms with van der Waals surface area (Å²) in [5, 5.41) is 3.96. The second-order valence-electron chi connectivity index (χ2n) is 5.87. The fraction of sp³-hybridized carbons (Fsp3) is 0.375. The number of benzene rings is 1. The molecule has 0 saturated carbocycles. The number of rotatable bonds is 3. The smallest absolute Gasteiger partial charge is 0.225 e. The molecule has 106 valence electrons. The van der Waals surface area contributed by atoms with Crippen LogP contribution in [-0.2, 0) is 11.2 Å². The van der Waals surface area contributed by atoms with Crippen LogP contribution in [0.3, 0.4) is 0 Å². The van der Waals surface area contributed by atoms with Gasteiger partial charge in [0.15, 0.2) is 0 Å². The van der Waals surface area contributed by atoms with E-state index in [9.17, 15) is 4.79 Å². The lowest BCUT2D eigenvalue weighted by atomic mass is 10.1. The van der Waals surface area contributed by atoms with Gasteiger partial charge in [0, 0.05) is 16.0 Å². The van der Waals surface area contributed by atoms with Gasteiger partial charge in [-0.3, -0.25) is 4.79 Å². The lowest BCUT2D eigenvalue weighted by molar-refractivity contribution is -0.121. The Morgan fingerprint density at radius 2 is 1.90 bits per heavy atom. The Hall–Kier alpha value is -1.68. The second kappa shape index (κ2) is 5.75. The fourth-order valence-corrected chi connectivity index (χ4v) is 2.97. The van der Waals surface area contributed by atoms with Crippen molar-refractivity contribution in [2.75, 3.05) is 0 Å². The van der Waals surface area contributed by atoms with Crippen molar-refractivity contribution in [1.82, 2.24) is 10.3 Å². The van der Waals surface area contributed by atoms with E-state index in [0.717, 1.165) is 21.1 Å². The normalized spacial score (nSPS) is 11.4. The monoisotopic (exact) mass is 288 g/mol. The van der Waals surface area contributed by atoms with E-state index >= 15 is 0 Å². The van der Waals surface area contributed by atoms with Crippen molar-refractivity contribution in [3.05, 3.63) is 40.9 Å². The first-order chi connectivity index (χ1) is 9.35. The van der Waals surface area contributed by atoms with Gasteiger partial charge in [-0.15, -0.1) is 11.3 Å². The van der Waals surface area contributed by atoms with E-state index in [0.29, 0.717) is 6.42 Å². The molecular weight excluding hydrogens is 268 g/mol. The van der Waals surface area contributed by atoms with Crippen LogP contribution in [0.2, 0.25) is 0 Å². The lowest BCUT2D eigenvalue weighted by Gasteiger charge is -2.20. The van der Waals surface area contributed by atoms with Crippen LogP contribution in [0.25, 0.3) is 10.6 Å². The third kappa shape index (κ3) is 3.90. The summed E-state index contributed by atoms with van der Waals surface area (Å²) in [6.45, 7) is 7.92. The predicted octanol–water partition coefficient (Wildman–Crippen LogP) is 3.58. The van der Waals surface area contributed by atoms with E-state index in [1.807, 2.05) is 58.0 Å². The maximum atomic E-state index is 12.0. The zero-order valence-electron chi connectivity index (χ0n) is 12.4. The molecule has 1 amide bonds. The number of aromatic nitrogens is 1. The van der Waals surface area contributed by atoms with Crippen LogP contribution in [0, 0.1) is 6.92 Å². The SMILES string of the molecule is Cc1nc(-c2ccccc2)sc1CC(=O)NC(C)(C)C. The van der Waals surface area contributed by atoms with Crippen molar-refractivity contribution in [3.63, 3.8) is 0 Å². The molecule has 0 aliphatic heterocycles. The fourth-order valence-electron chi connectivity index (χ4n) is 1.90. The van der Waals surface area contributed by atoms with Crippen LogP contribution in [0.15, 0.2) is 30.3 Å². The summed E-state index contributed by atoms with van der Waals surface area (Å²) in [5.41, 5.74) is 1.85. The van der Waals surface area contributed by atoms with Gasteiger partial charge in [0.25, 0.3) is 0 Å². The van der Waals surface area contributed by atoms with E-state index in [1.165, 1.54) is 0 Å². The summed E-state index contributed by atoms with van der Waals surface area (Å²) < 4.78 is 0. The van der Waals surface area contributed by atoms with Gasteiger partial charge < -0.3 is 5.32 Å². The summed E-state index contributed by atoms with van der Waals surface area (Å²) in [5.74, 6) is 0.0452. The molecule has 2 aromatic rings. The molecule has 0 spiro atoms. The Morgan fingerprint density at radius 3 is 2.50 bits per heavy atom. The topological polar surface area (TPSA) is 42.0 Å². The van der Waals surface area contributed by atoms with Gasteiger partial charge in [-0.2, -0.15) is 0 Å². The van der Waals surface area contributed by atoms with Crippen LogP contribution in [0.5, 0.6) is 0 Å². The van der Waals surface area contributed by atoms with Gasteiger partial charge in [-0.25, -0.2) is 4.98 Å². The Kier molecular flexibility index (Phi) is 4.23. The molecule has 4 heteroatoms. The number of aryl methyl sites for hydroxylation is 1. The van der Waals surface area contributed by atoms with Crippen LogP contribution >= 0.6 is 11.3 Å². The first kappa shape index (κ1) is 14.7. The molecule has 3 nitrogen and oxygen atoms in total. The van der Waals surface area contributed by atoms with E-state index in [2.05, 4.69) is 10.3 Å². The Labute approximate surface area is 124 Å². The largest absolute Gasteiger partial charge is 0.351 e. The Balaban J connectivity index is 2.15. The number of carbonyl (C=O) groups excluding carboxylic acids is 1. The standard InChI is InChI=1S/C16H20N2OS/c1-11-13(10-14(19)18-16(2,3)4)20-15(17-11)12-8-6-5-7-9-12/h5-9H,10H2,1-4H3,(H,18,19). The molecule has 0 saturated heterocycles. The van der Waals surface area contributed by atoms with Gasteiger partial charge in [-0.1, -0.05) is 30.3 Å². The average Bonchev–Trinajstić information content (AvgIpc) is 2.70. The van der Waals surface area contributed by atoms with Crippen LogP contribution in [-0.4, -0.2) is 16.4 Å². The van der Waals surface area contributed by atoms with E-state index in [-0.39, 0.29) is 11.4 Å². The first-order valence-corrected chi connectivity index (χ1v) is 7.49. The van der Waals surface area contributed by atoms with Crippen molar-refractivity contribution in [2.45, 2.75) is 39.7 Å². The summed E-state index contributed by atoms with van der Waals surface area (Å²) in [6, 6.07) is 10.1. The Bertz CT molecular complexity index is 597. The number of hydrogen-bond acceptors (Lipinski definition) is 3. The minimum absolute atomic E-state index is 0.0452. The maximum absolute atomic E-state index is 12.0. The molecule has 0 aliphatic rings. The number of hydrogen-bond donors (Lipinski definition) is 1. The zero-order chi connectivity index (χ0) is 14.8. The summed E-state index contributed by atoms with van der Waals surface area (Å²) in [7, 11) is 0. The number of nitrogens with one attached hydrogen (secondary N) is 1. The molecule has 1 aromatic heterocycles. The average molecular weight is 288 g/mol. The molecule has 0 fully saturated rings. The minimum Gasteiger partial charge on any atom is -0.351 e. The van der Waals surface area contributed by atoms with Gasteiger partial charge in [0.05, 0.1) is 12.1 Å². The number of nitrogens with zero attached hydrogens (tertiary/aromatic N) is 1. The highest BCUT2D eigenvalue weighted by molar-refractivity contribution is 7.15. The van der Waals surface area contributed by atoms with Crippen LogP contribution in [0.1, 0.15) is 31.3 Å². The molecule has 0 unspecified atom stereocenters. The summed E-state index contributed by atoms with van der Waals surface area (Å²) >= 11 is 1.59. The van der Waals surface area contributed by atoms with E-state index < -0.39 is 0 Å². The van der Waals surface area contributed by atoms with E-state index in [4.69, 9.17) is 0 Å². The highest BCUT2D eigenvalue weighted by Gasteiger charge is 2.17. The highest BCUT2D eigenvalue weighted by Crippen LogP contribution is 2.28. The highest BCUT2D eigenvalue weighted by atomic mass is 32.1. The zero-order valence-corrected chi connectivity index (χ0v) is 13.2. The van der Waals surface area contributed by atoms with Gasteiger partial charge in [0.2, 0.25) is 5.91 Å². The van der Waals surface area contributed by atoms with Crippen molar-refractivity contribution < 1.29 is 4.79 Å². The minimum atomic E-state index is -0.196. The molecule has 2 rings (SSSR count). The second-order valence-corrected chi connectivity index (χ2v) is 6.95. The van der Waals surface area contributed by atoms with Gasteiger partial charge in [0.1, 0.15) is 5.01 Å². The number of carbonyl (C=O) groups is 1. The molecule has 1 N–H and O–H groups in total.